The van der Waals surface area contributed by atoms with E-state index in [1.807, 2.05) is 20.0 Å². The molecule has 0 amide bonds. The Kier molecular flexibility index (Phi) is 2.90. The lowest BCUT2D eigenvalue weighted by molar-refractivity contribution is 0.672. The lowest BCUT2D eigenvalue weighted by Crippen LogP contribution is -2.10. The molecule has 2 nitrogen and oxygen atoms in total. The van der Waals surface area contributed by atoms with Gasteiger partial charge < -0.3 is 5.32 Å². The number of benzene rings is 1. The Labute approximate surface area is 112 Å². The third-order valence-corrected chi connectivity index (χ3v) is 4.28. The molecule has 3 heteroatoms. The fourth-order valence-corrected chi connectivity index (χ4v) is 3.04. The third-order valence-electron chi connectivity index (χ3n) is 3.87. The number of pyridine rings is 1. The van der Waals surface area contributed by atoms with Crippen molar-refractivity contribution in [2.75, 3.05) is 12.4 Å². The molecule has 18 heavy (non-hydrogen) atoms. The predicted molar refractivity (Wildman–Crippen MR) is 77.7 cm³/mol. The number of hydrogen-bond acceptors (Lipinski definition) is 2. The minimum absolute atomic E-state index is 0.799. The third kappa shape index (κ3) is 1.67. The van der Waals surface area contributed by atoms with Crippen molar-refractivity contribution in [2.45, 2.75) is 32.6 Å². The summed E-state index contributed by atoms with van der Waals surface area (Å²) in [5, 5.41) is 5.36. The molecular weight excluding hydrogens is 244 g/mol. The Bertz CT molecular complexity index is 620. The highest BCUT2D eigenvalue weighted by atomic mass is 35.5. The van der Waals surface area contributed by atoms with Gasteiger partial charge in [0.1, 0.15) is 0 Å². The monoisotopic (exact) mass is 260 g/mol. The number of aryl methyl sites for hydroxylation is 2. The first-order valence-electron chi connectivity index (χ1n) is 6.50. The summed E-state index contributed by atoms with van der Waals surface area (Å²) in [6.45, 7) is 2.05. The van der Waals surface area contributed by atoms with Crippen molar-refractivity contribution in [2.24, 2.45) is 0 Å². The van der Waals surface area contributed by atoms with Crippen molar-refractivity contribution in [1.29, 1.82) is 0 Å². The Hall–Kier alpha value is -1.28. The molecular formula is C15H17ClN2. The summed E-state index contributed by atoms with van der Waals surface area (Å²) in [7, 11) is 1.99. The highest BCUT2D eigenvalue weighted by Gasteiger charge is 2.18. The molecule has 1 aliphatic carbocycles. The van der Waals surface area contributed by atoms with Gasteiger partial charge in [0.2, 0.25) is 0 Å². The molecule has 1 aromatic heterocycles. The van der Waals surface area contributed by atoms with Gasteiger partial charge in [-0.25, -0.2) is 0 Å². The van der Waals surface area contributed by atoms with Crippen molar-refractivity contribution in [3.63, 3.8) is 0 Å². The van der Waals surface area contributed by atoms with Gasteiger partial charge in [0, 0.05) is 28.8 Å². The van der Waals surface area contributed by atoms with E-state index in [0.29, 0.717) is 0 Å². The average molecular weight is 261 g/mol. The number of aromatic nitrogens is 1. The van der Waals surface area contributed by atoms with E-state index in [1.165, 1.54) is 35.2 Å². The highest BCUT2D eigenvalue weighted by Crippen LogP contribution is 2.35. The molecule has 0 bridgehead atoms. The van der Waals surface area contributed by atoms with Crippen molar-refractivity contribution in [3.8, 4) is 0 Å². The molecule has 1 heterocycles. The fraction of sp³-hybridized carbons (Fsp3) is 0.400. The average Bonchev–Trinajstić information content (AvgIpc) is 2.41. The summed E-state index contributed by atoms with van der Waals surface area (Å²) in [6, 6.07) is 4.05. The molecule has 0 atom stereocenters. The van der Waals surface area contributed by atoms with Crippen LogP contribution < -0.4 is 5.32 Å². The number of halogens is 1. The maximum Gasteiger partial charge on any atom is 0.0770 e. The zero-order chi connectivity index (χ0) is 12.7. The van der Waals surface area contributed by atoms with E-state index in [1.54, 1.807) is 0 Å². The first kappa shape index (κ1) is 11.8. The summed E-state index contributed by atoms with van der Waals surface area (Å²) < 4.78 is 0. The standard InChI is InChI=1S/C15H17ClN2/c1-9-12(16)8-7-11-14(9)18-13-6-4-3-5-10(13)15(11)17-2/h7-8H,3-6H2,1-2H3,(H,17,18). The predicted octanol–water partition coefficient (Wildman–Crippen LogP) is 4.12. The van der Waals surface area contributed by atoms with Gasteiger partial charge in [-0.1, -0.05) is 11.6 Å². The van der Waals surface area contributed by atoms with Crippen LogP contribution in [0.1, 0.15) is 29.7 Å². The van der Waals surface area contributed by atoms with Crippen LogP contribution in [0, 0.1) is 6.92 Å². The quantitative estimate of drug-likeness (QED) is 0.834. The topological polar surface area (TPSA) is 24.9 Å². The maximum atomic E-state index is 6.21. The SMILES string of the molecule is CNc1c2c(nc3c(C)c(Cl)ccc13)CCCC2. The Morgan fingerprint density at radius 1 is 1.22 bits per heavy atom. The molecule has 0 unspecified atom stereocenters. The van der Waals surface area contributed by atoms with Crippen LogP contribution in [0.5, 0.6) is 0 Å². The number of fused-ring (bicyclic) bond motifs is 2. The van der Waals surface area contributed by atoms with Crippen LogP contribution in [0.4, 0.5) is 5.69 Å². The second-order valence-electron chi connectivity index (χ2n) is 4.94. The number of anilines is 1. The van der Waals surface area contributed by atoms with Crippen LogP contribution in [0.2, 0.25) is 5.02 Å². The van der Waals surface area contributed by atoms with Crippen LogP contribution in [-0.2, 0) is 12.8 Å². The van der Waals surface area contributed by atoms with Gasteiger partial charge in [0.15, 0.2) is 0 Å². The molecule has 3 rings (SSSR count). The van der Waals surface area contributed by atoms with Crippen molar-refractivity contribution >= 4 is 28.2 Å². The first-order chi connectivity index (χ1) is 8.72. The minimum atomic E-state index is 0.799. The smallest absolute Gasteiger partial charge is 0.0770 e. The molecule has 0 aliphatic heterocycles. The highest BCUT2D eigenvalue weighted by molar-refractivity contribution is 6.32. The van der Waals surface area contributed by atoms with Crippen molar-refractivity contribution in [3.05, 3.63) is 34.0 Å². The zero-order valence-corrected chi connectivity index (χ0v) is 11.6. The van der Waals surface area contributed by atoms with E-state index < -0.39 is 0 Å². The molecule has 0 fully saturated rings. The molecule has 0 saturated heterocycles. The van der Waals surface area contributed by atoms with Gasteiger partial charge in [-0.3, -0.25) is 4.98 Å². The summed E-state index contributed by atoms with van der Waals surface area (Å²) in [4.78, 5) is 4.86. The Morgan fingerprint density at radius 2 is 2.00 bits per heavy atom. The van der Waals surface area contributed by atoms with E-state index in [9.17, 15) is 0 Å². The van der Waals surface area contributed by atoms with Crippen LogP contribution >= 0.6 is 11.6 Å². The largest absolute Gasteiger partial charge is 0.387 e. The summed E-state index contributed by atoms with van der Waals surface area (Å²) in [6.07, 6.45) is 4.73. The maximum absolute atomic E-state index is 6.21. The van der Waals surface area contributed by atoms with Gasteiger partial charge in [0.25, 0.3) is 0 Å². The molecule has 1 aromatic carbocycles. The van der Waals surface area contributed by atoms with Crippen LogP contribution in [0.3, 0.4) is 0 Å². The van der Waals surface area contributed by atoms with Gasteiger partial charge in [-0.2, -0.15) is 0 Å². The number of rotatable bonds is 1. The molecule has 1 N–H and O–H groups in total. The summed E-state index contributed by atoms with van der Waals surface area (Å²) >= 11 is 6.21. The van der Waals surface area contributed by atoms with Crippen LogP contribution in [0.15, 0.2) is 12.1 Å². The van der Waals surface area contributed by atoms with E-state index in [4.69, 9.17) is 16.6 Å². The van der Waals surface area contributed by atoms with Crippen LogP contribution in [0.25, 0.3) is 10.9 Å². The molecule has 0 spiro atoms. The van der Waals surface area contributed by atoms with E-state index in [2.05, 4.69) is 11.4 Å². The zero-order valence-electron chi connectivity index (χ0n) is 10.8. The minimum Gasteiger partial charge on any atom is -0.387 e. The molecule has 0 radical (unpaired) electrons. The normalized spacial score (nSPS) is 14.6. The summed E-state index contributed by atoms with van der Waals surface area (Å²) in [5.41, 5.74) is 6.03. The molecule has 2 aromatic rings. The number of nitrogens with zero attached hydrogens (tertiary/aromatic N) is 1. The second kappa shape index (κ2) is 4.43. The molecule has 1 aliphatic rings. The Balaban J connectivity index is 2.40. The van der Waals surface area contributed by atoms with E-state index in [-0.39, 0.29) is 0 Å². The molecule has 94 valence electrons. The first-order valence-corrected chi connectivity index (χ1v) is 6.88. The molecule has 0 saturated carbocycles. The van der Waals surface area contributed by atoms with Gasteiger partial charge in [-0.15, -0.1) is 0 Å². The fourth-order valence-electron chi connectivity index (χ4n) is 2.89. The summed E-state index contributed by atoms with van der Waals surface area (Å²) in [5.74, 6) is 0. The number of hydrogen-bond donors (Lipinski definition) is 1. The van der Waals surface area contributed by atoms with Gasteiger partial charge in [-0.05, 0) is 55.9 Å². The van der Waals surface area contributed by atoms with Gasteiger partial charge >= 0.3 is 0 Å². The van der Waals surface area contributed by atoms with E-state index in [0.717, 1.165) is 28.9 Å². The van der Waals surface area contributed by atoms with E-state index >= 15 is 0 Å². The lowest BCUT2D eigenvalue weighted by Gasteiger charge is -2.21. The van der Waals surface area contributed by atoms with Crippen molar-refractivity contribution in [1.82, 2.24) is 4.98 Å². The Morgan fingerprint density at radius 3 is 2.78 bits per heavy atom. The lowest BCUT2D eigenvalue weighted by atomic mass is 9.92. The van der Waals surface area contributed by atoms with Crippen LogP contribution in [-0.4, -0.2) is 12.0 Å². The van der Waals surface area contributed by atoms with Crippen molar-refractivity contribution < 1.29 is 0 Å². The number of nitrogens with one attached hydrogen (secondary N) is 1. The van der Waals surface area contributed by atoms with Gasteiger partial charge in [0.05, 0.1) is 5.52 Å². The second-order valence-corrected chi connectivity index (χ2v) is 5.34.